The highest BCUT2D eigenvalue weighted by Crippen LogP contribution is 2.37. The highest BCUT2D eigenvalue weighted by Gasteiger charge is 2.35. The zero-order chi connectivity index (χ0) is 29.9. The molecule has 9 heteroatoms. The molecule has 2 fully saturated rings. The molecule has 0 spiro atoms. The van der Waals surface area contributed by atoms with Crippen molar-refractivity contribution in [2.24, 2.45) is 5.92 Å². The van der Waals surface area contributed by atoms with Crippen molar-refractivity contribution < 1.29 is 24.1 Å². The largest absolute Gasteiger partial charge is 0.487 e. The van der Waals surface area contributed by atoms with Gasteiger partial charge in [0.1, 0.15) is 18.2 Å². The Balaban J connectivity index is 1.18. The lowest BCUT2D eigenvalue weighted by Gasteiger charge is -2.38. The summed E-state index contributed by atoms with van der Waals surface area (Å²) < 4.78 is 17.5. The Morgan fingerprint density at radius 3 is 2.72 bits per heavy atom. The van der Waals surface area contributed by atoms with Gasteiger partial charge in [-0.3, -0.25) is 9.69 Å². The minimum absolute atomic E-state index is 0.397. The fourth-order valence-electron chi connectivity index (χ4n) is 6.82. The molecular formula is C34H40ClN3O5. The quantitative estimate of drug-likeness (QED) is 0.347. The van der Waals surface area contributed by atoms with Gasteiger partial charge >= 0.3 is 5.97 Å². The molecule has 4 heterocycles. The first-order valence-electron chi connectivity index (χ1n) is 15.2. The number of piperidine rings is 1. The minimum atomic E-state index is -0.819. The van der Waals surface area contributed by atoms with Crippen LogP contribution in [-0.4, -0.2) is 73.1 Å². The monoisotopic (exact) mass is 605 g/mol. The first kappa shape index (κ1) is 29.9. The number of benzene rings is 2. The van der Waals surface area contributed by atoms with E-state index in [1.165, 1.54) is 16.7 Å². The van der Waals surface area contributed by atoms with Crippen molar-refractivity contribution in [3.63, 3.8) is 0 Å². The lowest BCUT2D eigenvalue weighted by atomic mass is 9.91. The molecule has 8 nitrogen and oxygen atoms in total. The smallest absolute Gasteiger partial charge is 0.309 e. The van der Waals surface area contributed by atoms with Gasteiger partial charge in [0.05, 0.1) is 22.7 Å². The van der Waals surface area contributed by atoms with Gasteiger partial charge in [-0.15, -0.1) is 0 Å². The number of aliphatic carboxylic acids is 1. The number of hydrogen-bond donors (Lipinski definition) is 1. The normalized spacial score (nSPS) is 21.4. The molecule has 0 radical (unpaired) electrons. The van der Waals surface area contributed by atoms with Crippen molar-refractivity contribution in [1.82, 2.24) is 9.88 Å². The number of ether oxygens (including phenoxy) is 3. The number of aromatic nitrogens is 1. The zero-order valence-electron chi connectivity index (χ0n) is 24.9. The standard InChI is InChI=1S/C34H40ClN3O5/c1-22-17-23(18-24-9-13-37(19-28(22)24)25-11-15-42-16-12-25)21-43-33-26(5-3-6-29(33)35)30-7-4-8-32(36-30)38-14-10-27(34(39)40)31(20-38)41-2/h3-8,17-18,25,27,31H,9-16,19-21H2,1-2H3,(H,39,40)/t27-,31+/m0/s1. The lowest BCUT2D eigenvalue weighted by Crippen LogP contribution is -2.47. The molecule has 0 aliphatic carbocycles. The third kappa shape index (κ3) is 6.53. The average Bonchev–Trinajstić information content (AvgIpc) is 3.04. The van der Waals surface area contributed by atoms with E-state index in [4.69, 9.17) is 30.8 Å². The number of para-hydroxylation sites is 1. The third-order valence-electron chi connectivity index (χ3n) is 9.23. The van der Waals surface area contributed by atoms with E-state index < -0.39 is 18.0 Å². The van der Waals surface area contributed by atoms with Crippen LogP contribution in [0.2, 0.25) is 5.02 Å². The van der Waals surface area contributed by atoms with Crippen LogP contribution >= 0.6 is 11.6 Å². The van der Waals surface area contributed by atoms with Gasteiger partial charge in [0.25, 0.3) is 0 Å². The Morgan fingerprint density at radius 1 is 1.12 bits per heavy atom. The molecule has 228 valence electrons. The fourth-order valence-corrected chi connectivity index (χ4v) is 7.05. The molecule has 0 saturated carbocycles. The summed E-state index contributed by atoms with van der Waals surface area (Å²) in [6.07, 6.45) is 3.39. The van der Waals surface area contributed by atoms with Crippen LogP contribution in [-0.2, 0) is 33.8 Å². The van der Waals surface area contributed by atoms with Crippen molar-refractivity contribution in [3.8, 4) is 17.0 Å². The van der Waals surface area contributed by atoms with Crippen LogP contribution in [0, 0.1) is 12.8 Å². The second-order valence-corrected chi connectivity index (χ2v) is 12.3. The number of pyridine rings is 1. The lowest BCUT2D eigenvalue weighted by molar-refractivity contribution is -0.147. The van der Waals surface area contributed by atoms with Crippen molar-refractivity contribution in [2.45, 2.75) is 57.9 Å². The van der Waals surface area contributed by atoms with Gasteiger partial charge < -0.3 is 24.2 Å². The molecule has 3 aliphatic heterocycles. The van der Waals surface area contributed by atoms with Crippen molar-refractivity contribution in [3.05, 3.63) is 75.8 Å². The highest BCUT2D eigenvalue weighted by molar-refractivity contribution is 6.32. The Hall–Kier alpha value is -3.17. The number of methoxy groups -OCH3 is 1. The number of carboxylic acids is 1. The summed E-state index contributed by atoms with van der Waals surface area (Å²) in [5.41, 5.74) is 6.87. The fraction of sp³-hybridized carbons (Fsp3) is 0.471. The van der Waals surface area contributed by atoms with Gasteiger partial charge in [0.15, 0.2) is 0 Å². The third-order valence-corrected chi connectivity index (χ3v) is 9.52. The molecular weight excluding hydrogens is 566 g/mol. The van der Waals surface area contributed by atoms with Crippen LogP contribution in [0.1, 0.15) is 41.5 Å². The van der Waals surface area contributed by atoms with Gasteiger partial charge in [-0.1, -0.05) is 35.9 Å². The van der Waals surface area contributed by atoms with E-state index >= 15 is 0 Å². The average molecular weight is 606 g/mol. The predicted molar refractivity (Wildman–Crippen MR) is 167 cm³/mol. The van der Waals surface area contributed by atoms with Gasteiger partial charge in [-0.2, -0.15) is 0 Å². The van der Waals surface area contributed by atoms with Gasteiger partial charge in [0, 0.05) is 58.1 Å². The number of rotatable bonds is 8. The van der Waals surface area contributed by atoms with Crippen LogP contribution in [0.25, 0.3) is 11.3 Å². The summed E-state index contributed by atoms with van der Waals surface area (Å²) in [6.45, 7) is 7.50. The summed E-state index contributed by atoms with van der Waals surface area (Å²) in [4.78, 5) is 21.3. The maximum absolute atomic E-state index is 11.7. The molecule has 3 aliphatic rings. The zero-order valence-corrected chi connectivity index (χ0v) is 25.7. The van der Waals surface area contributed by atoms with Gasteiger partial charge in [0.2, 0.25) is 0 Å². The molecule has 1 N–H and O–H groups in total. The number of halogens is 1. The van der Waals surface area contributed by atoms with E-state index in [2.05, 4.69) is 28.9 Å². The first-order valence-corrected chi connectivity index (χ1v) is 15.6. The highest BCUT2D eigenvalue weighted by atomic mass is 35.5. The first-order chi connectivity index (χ1) is 20.9. The van der Waals surface area contributed by atoms with Crippen molar-refractivity contribution in [2.75, 3.05) is 44.9 Å². The van der Waals surface area contributed by atoms with Gasteiger partial charge in [-0.25, -0.2) is 4.98 Å². The van der Waals surface area contributed by atoms with Crippen LogP contribution < -0.4 is 9.64 Å². The number of fused-ring (bicyclic) bond motifs is 1. The Kier molecular flexibility index (Phi) is 9.19. The second-order valence-electron chi connectivity index (χ2n) is 11.9. The molecule has 2 atom stereocenters. The summed E-state index contributed by atoms with van der Waals surface area (Å²) in [7, 11) is 1.57. The number of carboxylic acid groups (broad SMARTS) is 1. The van der Waals surface area contributed by atoms with Crippen LogP contribution in [0.4, 0.5) is 5.82 Å². The number of aryl methyl sites for hydroxylation is 1. The van der Waals surface area contributed by atoms with E-state index in [9.17, 15) is 9.90 Å². The molecule has 3 aromatic rings. The molecule has 0 unspecified atom stereocenters. The summed E-state index contributed by atoms with van der Waals surface area (Å²) >= 11 is 6.70. The van der Waals surface area contributed by atoms with Crippen molar-refractivity contribution >= 4 is 23.4 Å². The number of hydrogen-bond acceptors (Lipinski definition) is 7. The summed E-state index contributed by atoms with van der Waals surface area (Å²) in [5, 5.41) is 10.1. The number of anilines is 1. The molecule has 0 bridgehead atoms. The molecule has 0 amide bonds. The SMILES string of the molecule is CO[C@@H]1CN(c2cccc(-c3cccc(Cl)c3OCc3cc(C)c4c(c3)CCN(C3CCOCC3)C4)n2)CC[C@@H]1C(=O)O. The van der Waals surface area contributed by atoms with Crippen LogP contribution in [0.15, 0.2) is 48.5 Å². The van der Waals surface area contributed by atoms with Crippen molar-refractivity contribution in [1.29, 1.82) is 0 Å². The molecule has 43 heavy (non-hydrogen) atoms. The van der Waals surface area contributed by atoms with Gasteiger partial charge in [-0.05, 0) is 79.1 Å². The summed E-state index contributed by atoms with van der Waals surface area (Å²) in [5.74, 6) is 0.0409. The maximum atomic E-state index is 11.7. The topological polar surface area (TPSA) is 84.4 Å². The molecule has 2 aromatic carbocycles. The molecule has 1 aromatic heterocycles. The van der Waals surface area contributed by atoms with E-state index in [1.807, 2.05) is 36.4 Å². The van der Waals surface area contributed by atoms with Crippen LogP contribution in [0.5, 0.6) is 5.75 Å². The molecule has 6 rings (SSSR count). The minimum Gasteiger partial charge on any atom is -0.487 e. The Bertz CT molecular complexity index is 1460. The van der Waals surface area contributed by atoms with E-state index in [0.29, 0.717) is 42.9 Å². The number of nitrogens with zero attached hydrogens (tertiary/aromatic N) is 3. The van der Waals surface area contributed by atoms with E-state index in [0.717, 1.165) is 68.2 Å². The Labute approximate surface area is 258 Å². The molecule has 2 saturated heterocycles. The van der Waals surface area contributed by atoms with E-state index in [-0.39, 0.29) is 0 Å². The van der Waals surface area contributed by atoms with E-state index in [1.54, 1.807) is 7.11 Å². The Morgan fingerprint density at radius 2 is 1.93 bits per heavy atom. The number of carbonyl (C=O) groups is 1. The summed E-state index contributed by atoms with van der Waals surface area (Å²) in [6, 6.07) is 16.7. The maximum Gasteiger partial charge on any atom is 0.309 e. The van der Waals surface area contributed by atoms with Crippen LogP contribution in [0.3, 0.4) is 0 Å². The predicted octanol–water partition coefficient (Wildman–Crippen LogP) is 5.75. The second kappa shape index (κ2) is 13.2.